The lowest BCUT2D eigenvalue weighted by atomic mass is 9.80. The molecule has 0 spiro atoms. The molecule has 3 atom stereocenters. The van der Waals surface area contributed by atoms with Gasteiger partial charge in [-0.15, -0.1) is 0 Å². The maximum Gasteiger partial charge on any atom is 0.166 e. The minimum atomic E-state index is -1.02. The third-order valence-corrected chi connectivity index (χ3v) is 7.74. The minimum absolute atomic E-state index is 0.104. The van der Waals surface area contributed by atoms with Gasteiger partial charge in [0.1, 0.15) is 41.3 Å². The standard InChI is InChI=1S/C31H29ClN4O5/c1-38-23-12-8-21(9-13-23)31(20-6-4-3-5-7-20,22-10-14-24(39-2)15-11-22)40-17-26-25(37)16-27(41-26)36-19-35-28-29(32)33-18-34-30(28)36/h3-15,18-19,25-27,37H,16-17H2,1-2H3/t25-,26+,27-/m0/s1. The highest BCUT2D eigenvalue weighted by molar-refractivity contribution is 6.33. The number of nitrogens with zero attached hydrogens (tertiary/aromatic N) is 4. The summed E-state index contributed by atoms with van der Waals surface area (Å²) in [5.41, 5.74) is 2.71. The van der Waals surface area contributed by atoms with Gasteiger partial charge in [-0.2, -0.15) is 0 Å². The molecule has 6 rings (SSSR count). The Kier molecular flexibility index (Phi) is 7.59. The number of aromatic nitrogens is 4. The van der Waals surface area contributed by atoms with E-state index >= 15 is 0 Å². The van der Waals surface area contributed by atoms with Crippen LogP contribution in [0.3, 0.4) is 0 Å². The van der Waals surface area contributed by atoms with Crippen LogP contribution >= 0.6 is 11.6 Å². The number of hydrogen-bond donors (Lipinski definition) is 1. The van der Waals surface area contributed by atoms with E-state index in [9.17, 15) is 5.11 Å². The van der Waals surface area contributed by atoms with Gasteiger partial charge >= 0.3 is 0 Å². The predicted octanol–water partition coefficient (Wildman–Crippen LogP) is 5.15. The number of aliphatic hydroxyl groups excluding tert-OH is 1. The van der Waals surface area contributed by atoms with E-state index in [-0.39, 0.29) is 11.8 Å². The van der Waals surface area contributed by atoms with Gasteiger partial charge < -0.3 is 24.1 Å². The van der Waals surface area contributed by atoms with E-state index in [1.807, 2.05) is 78.9 Å². The first-order valence-electron chi connectivity index (χ1n) is 13.2. The van der Waals surface area contributed by atoms with Crippen LogP contribution < -0.4 is 9.47 Å². The van der Waals surface area contributed by atoms with Crippen molar-refractivity contribution in [1.82, 2.24) is 19.5 Å². The lowest BCUT2D eigenvalue weighted by Gasteiger charge is -2.37. The summed E-state index contributed by atoms with van der Waals surface area (Å²) in [6.07, 6.45) is 1.43. The number of rotatable bonds is 9. The first-order chi connectivity index (χ1) is 20.0. The molecule has 3 heterocycles. The van der Waals surface area contributed by atoms with Crippen molar-refractivity contribution < 1.29 is 24.1 Å². The molecule has 10 heteroatoms. The zero-order valence-corrected chi connectivity index (χ0v) is 23.3. The fourth-order valence-electron chi connectivity index (χ4n) is 5.35. The molecule has 5 aromatic rings. The van der Waals surface area contributed by atoms with Gasteiger partial charge in [0.15, 0.2) is 10.8 Å². The molecule has 0 radical (unpaired) electrons. The molecule has 1 saturated heterocycles. The molecule has 0 amide bonds. The van der Waals surface area contributed by atoms with E-state index in [1.165, 1.54) is 6.33 Å². The Morgan fingerprint density at radius 3 is 2.10 bits per heavy atom. The summed E-state index contributed by atoms with van der Waals surface area (Å²) in [5.74, 6) is 1.47. The van der Waals surface area contributed by atoms with Crippen LogP contribution in [0, 0.1) is 0 Å². The van der Waals surface area contributed by atoms with Gasteiger partial charge in [0, 0.05) is 6.42 Å². The molecule has 1 N–H and O–H groups in total. The van der Waals surface area contributed by atoms with E-state index in [4.69, 9.17) is 30.5 Å². The lowest BCUT2D eigenvalue weighted by Crippen LogP contribution is -2.38. The first-order valence-corrected chi connectivity index (χ1v) is 13.6. The second kappa shape index (κ2) is 11.5. The van der Waals surface area contributed by atoms with E-state index in [0.29, 0.717) is 17.6 Å². The molecule has 9 nitrogen and oxygen atoms in total. The largest absolute Gasteiger partial charge is 0.497 e. The molecular formula is C31H29ClN4O5. The third-order valence-electron chi connectivity index (χ3n) is 7.47. The van der Waals surface area contributed by atoms with Gasteiger partial charge in [0.2, 0.25) is 0 Å². The summed E-state index contributed by atoms with van der Waals surface area (Å²) in [4.78, 5) is 12.7. The monoisotopic (exact) mass is 572 g/mol. The fraction of sp³-hybridized carbons (Fsp3) is 0.258. The number of fused-ring (bicyclic) bond motifs is 1. The van der Waals surface area contributed by atoms with Gasteiger partial charge in [0.05, 0.1) is 33.3 Å². The average Bonchev–Trinajstić information content (AvgIpc) is 3.62. The molecule has 0 aliphatic carbocycles. The summed E-state index contributed by atoms with van der Waals surface area (Å²) < 4.78 is 25.9. The van der Waals surface area contributed by atoms with Crippen LogP contribution in [-0.2, 0) is 15.1 Å². The summed E-state index contributed by atoms with van der Waals surface area (Å²) in [6.45, 7) is 0.104. The Hall–Kier alpha value is -4.02. The van der Waals surface area contributed by atoms with Crippen LogP contribution in [0.15, 0.2) is 91.5 Å². The van der Waals surface area contributed by atoms with Gasteiger partial charge in [-0.3, -0.25) is 4.57 Å². The van der Waals surface area contributed by atoms with Crippen molar-refractivity contribution in [3.05, 3.63) is 113 Å². The molecule has 41 heavy (non-hydrogen) atoms. The van der Waals surface area contributed by atoms with Crippen LogP contribution in [0.25, 0.3) is 11.2 Å². The molecule has 3 aromatic carbocycles. The van der Waals surface area contributed by atoms with Gasteiger partial charge in [0.25, 0.3) is 0 Å². The number of imidazole rings is 1. The SMILES string of the molecule is COc1ccc(C(OC[C@H]2O[C@H](n3cnc4c(Cl)ncnc43)C[C@@H]2O)(c2ccccc2)c2ccc(OC)cc2)cc1. The van der Waals surface area contributed by atoms with Crippen molar-refractivity contribution in [2.75, 3.05) is 20.8 Å². The smallest absolute Gasteiger partial charge is 0.166 e. The topological polar surface area (TPSA) is 101 Å². The normalized spacial score (nSPS) is 19.0. The highest BCUT2D eigenvalue weighted by Crippen LogP contribution is 2.43. The molecule has 1 fully saturated rings. The first kappa shape index (κ1) is 27.2. The van der Waals surface area contributed by atoms with Crippen LogP contribution in [0.5, 0.6) is 11.5 Å². The molecule has 1 aliphatic rings. The van der Waals surface area contributed by atoms with Crippen molar-refractivity contribution in [1.29, 1.82) is 0 Å². The summed E-state index contributed by atoms with van der Waals surface area (Å²) >= 11 is 6.19. The van der Waals surface area contributed by atoms with Crippen molar-refractivity contribution >= 4 is 22.8 Å². The zero-order valence-electron chi connectivity index (χ0n) is 22.6. The number of ether oxygens (including phenoxy) is 4. The van der Waals surface area contributed by atoms with Crippen LogP contribution in [0.1, 0.15) is 29.3 Å². The van der Waals surface area contributed by atoms with E-state index in [1.54, 1.807) is 25.1 Å². The van der Waals surface area contributed by atoms with Crippen molar-refractivity contribution in [2.45, 2.75) is 30.5 Å². The highest BCUT2D eigenvalue weighted by Gasteiger charge is 2.42. The minimum Gasteiger partial charge on any atom is -0.497 e. The van der Waals surface area contributed by atoms with E-state index in [2.05, 4.69) is 15.0 Å². The average molecular weight is 573 g/mol. The zero-order chi connectivity index (χ0) is 28.4. The van der Waals surface area contributed by atoms with Crippen LogP contribution in [0.2, 0.25) is 5.15 Å². The molecule has 0 bridgehead atoms. The Balaban J connectivity index is 1.37. The maximum atomic E-state index is 11.1. The van der Waals surface area contributed by atoms with E-state index in [0.717, 1.165) is 28.2 Å². The number of aliphatic hydroxyl groups is 1. The third kappa shape index (κ3) is 5.02. The Labute approximate surface area is 242 Å². The Bertz CT molecular complexity index is 1560. The van der Waals surface area contributed by atoms with Gasteiger partial charge in [-0.1, -0.05) is 66.2 Å². The van der Waals surface area contributed by atoms with Crippen LogP contribution in [0.4, 0.5) is 0 Å². The van der Waals surface area contributed by atoms with Gasteiger partial charge in [-0.05, 0) is 41.0 Å². The van der Waals surface area contributed by atoms with Crippen molar-refractivity contribution in [3.8, 4) is 11.5 Å². The summed E-state index contributed by atoms with van der Waals surface area (Å²) in [5, 5.41) is 11.4. The molecule has 1 aliphatic heterocycles. The Morgan fingerprint density at radius 2 is 1.49 bits per heavy atom. The molecule has 0 unspecified atom stereocenters. The number of halogens is 1. The number of methoxy groups -OCH3 is 2. The van der Waals surface area contributed by atoms with Gasteiger partial charge in [-0.25, -0.2) is 15.0 Å². The maximum absolute atomic E-state index is 11.1. The molecular weight excluding hydrogens is 544 g/mol. The molecule has 210 valence electrons. The second-order valence-electron chi connectivity index (χ2n) is 9.74. The number of benzene rings is 3. The van der Waals surface area contributed by atoms with Crippen molar-refractivity contribution in [2.24, 2.45) is 0 Å². The second-order valence-corrected chi connectivity index (χ2v) is 10.1. The highest BCUT2D eigenvalue weighted by atomic mass is 35.5. The van der Waals surface area contributed by atoms with Crippen molar-refractivity contribution in [3.63, 3.8) is 0 Å². The number of hydrogen-bond acceptors (Lipinski definition) is 8. The Morgan fingerprint density at radius 1 is 0.878 bits per heavy atom. The quantitative estimate of drug-likeness (QED) is 0.191. The van der Waals surface area contributed by atoms with E-state index < -0.39 is 24.0 Å². The molecule has 2 aromatic heterocycles. The fourth-order valence-corrected chi connectivity index (χ4v) is 5.53. The lowest BCUT2D eigenvalue weighted by molar-refractivity contribution is -0.0931. The summed E-state index contributed by atoms with van der Waals surface area (Å²) in [6, 6.07) is 25.6. The summed E-state index contributed by atoms with van der Waals surface area (Å²) in [7, 11) is 3.27. The predicted molar refractivity (Wildman–Crippen MR) is 153 cm³/mol. The molecule has 0 saturated carbocycles. The van der Waals surface area contributed by atoms with Crippen LogP contribution in [-0.4, -0.2) is 57.7 Å².